The van der Waals surface area contributed by atoms with Crippen LogP contribution in [0.5, 0.6) is 0 Å². The van der Waals surface area contributed by atoms with E-state index in [2.05, 4.69) is 70.5 Å². The van der Waals surface area contributed by atoms with Gasteiger partial charge in [0.25, 0.3) is 0 Å². The SMILES string of the molecule is NN=CCCc1cn(Cc2ccccc2)c2ccccc12. The molecule has 0 bridgehead atoms. The number of nitrogens with two attached hydrogens (primary N) is 1. The second kappa shape index (κ2) is 6.27. The summed E-state index contributed by atoms with van der Waals surface area (Å²) in [5, 5.41) is 4.89. The van der Waals surface area contributed by atoms with E-state index in [1.165, 1.54) is 22.0 Å². The Morgan fingerprint density at radius 3 is 2.57 bits per heavy atom. The molecule has 3 rings (SSSR count). The molecule has 1 heterocycles. The first-order valence-corrected chi connectivity index (χ1v) is 7.21. The molecule has 1 aromatic heterocycles. The lowest BCUT2D eigenvalue weighted by Gasteiger charge is -2.05. The minimum Gasteiger partial charge on any atom is -0.343 e. The molecule has 2 N–H and O–H groups in total. The van der Waals surface area contributed by atoms with Crippen LogP contribution in [0.4, 0.5) is 0 Å². The zero-order valence-electron chi connectivity index (χ0n) is 11.9. The molecular weight excluding hydrogens is 258 g/mol. The zero-order chi connectivity index (χ0) is 14.5. The molecule has 106 valence electrons. The fourth-order valence-corrected chi connectivity index (χ4v) is 2.73. The second-order valence-corrected chi connectivity index (χ2v) is 5.16. The molecule has 2 aromatic carbocycles. The van der Waals surface area contributed by atoms with Crippen molar-refractivity contribution < 1.29 is 0 Å². The van der Waals surface area contributed by atoms with Crippen LogP contribution in [-0.4, -0.2) is 10.8 Å². The molecule has 0 radical (unpaired) electrons. The maximum Gasteiger partial charge on any atom is 0.0486 e. The summed E-state index contributed by atoms with van der Waals surface area (Å²) < 4.78 is 2.32. The van der Waals surface area contributed by atoms with E-state index in [1.807, 2.05) is 0 Å². The van der Waals surface area contributed by atoms with Crippen LogP contribution in [-0.2, 0) is 13.0 Å². The molecule has 3 nitrogen and oxygen atoms in total. The van der Waals surface area contributed by atoms with E-state index in [0.29, 0.717) is 0 Å². The van der Waals surface area contributed by atoms with Gasteiger partial charge >= 0.3 is 0 Å². The summed E-state index contributed by atoms with van der Waals surface area (Å²) in [4.78, 5) is 0. The van der Waals surface area contributed by atoms with Gasteiger partial charge in [-0.1, -0.05) is 48.5 Å². The van der Waals surface area contributed by atoms with Crippen molar-refractivity contribution in [2.45, 2.75) is 19.4 Å². The molecule has 0 aliphatic rings. The minimum absolute atomic E-state index is 0.871. The molecule has 0 atom stereocenters. The molecule has 0 aliphatic carbocycles. The van der Waals surface area contributed by atoms with Crippen LogP contribution < -0.4 is 5.84 Å². The van der Waals surface area contributed by atoms with Crippen molar-refractivity contribution >= 4 is 17.1 Å². The fraction of sp³-hybridized carbons (Fsp3) is 0.167. The van der Waals surface area contributed by atoms with Gasteiger partial charge in [-0.15, -0.1) is 0 Å². The third-order valence-electron chi connectivity index (χ3n) is 3.72. The van der Waals surface area contributed by atoms with Gasteiger partial charge in [0, 0.05) is 29.9 Å². The van der Waals surface area contributed by atoms with Gasteiger partial charge < -0.3 is 10.4 Å². The van der Waals surface area contributed by atoms with Gasteiger partial charge in [0.2, 0.25) is 0 Å². The number of hydrogen-bond donors (Lipinski definition) is 1. The predicted molar refractivity (Wildman–Crippen MR) is 88.5 cm³/mol. The molecule has 0 spiro atoms. The molecular formula is C18H19N3. The Bertz CT molecular complexity index is 742. The van der Waals surface area contributed by atoms with Crippen LogP contribution in [0.3, 0.4) is 0 Å². The standard InChI is InChI=1S/C18H19N3/c19-20-12-6-9-16-14-21(13-15-7-2-1-3-8-15)18-11-5-4-10-17(16)18/h1-5,7-8,10-12,14H,6,9,13,19H2. The summed E-state index contributed by atoms with van der Waals surface area (Å²) in [6.07, 6.45) is 5.85. The maximum atomic E-state index is 5.18. The second-order valence-electron chi connectivity index (χ2n) is 5.16. The lowest BCUT2D eigenvalue weighted by molar-refractivity contribution is 0.829. The molecule has 3 aromatic rings. The summed E-state index contributed by atoms with van der Waals surface area (Å²) in [7, 11) is 0. The minimum atomic E-state index is 0.871. The monoisotopic (exact) mass is 277 g/mol. The van der Waals surface area contributed by atoms with Crippen LogP contribution in [0.2, 0.25) is 0 Å². The lowest BCUT2D eigenvalue weighted by atomic mass is 10.1. The summed E-state index contributed by atoms with van der Waals surface area (Å²) in [5.74, 6) is 5.18. The number of fused-ring (bicyclic) bond motifs is 1. The van der Waals surface area contributed by atoms with Crippen molar-refractivity contribution in [1.29, 1.82) is 0 Å². The Hall–Kier alpha value is -2.55. The van der Waals surface area contributed by atoms with Crippen molar-refractivity contribution in [2.75, 3.05) is 0 Å². The fourth-order valence-electron chi connectivity index (χ4n) is 2.73. The zero-order valence-corrected chi connectivity index (χ0v) is 11.9. The predicted octanol–water partition coefficient (Wildman–Crippen LogP) is 3.57. The van der Waals surface area contributed by atoms with Crippen LogP contribution in [0, 0.1) is 0 Å². The summed E-state index contributed by atoms with van der Waals surface area (Å²) in [6.45, 7) is 0.895. The number of benzene rings is 2. The normalized spacial score (nSPS) is 11.4. The van der Waals surface area contributed by atoms with Gasteiger partial charge in [0.15, 0.2) is 0 Å². The van der Waals surface area contributed by atoms with E-state index >= 15 is 0 Å². The van der Waals surface area contributed by atoms with Crippen LogP contribution >= 0.6 is 0 Å². The van der Waals surface area contributed by atoms with Crippen molar-refractivity contribution in [3.05, 3.63) is 71.9 Å². The number of aromatic nitrogens is 1. The Kier molecular flexibility index (Phi) is 4.01. The number of nitrogens with zero attached hydrogens (tertiary/aromatic N) is 2. The number of hydrazone groups is 1. The van der Waals surface area contributed by atoms with Crippen molar-refractivity contribution in [3.8, 4) is 0 Å². The van der Waals surface area contributed by atoms with Crippen LogP contribution in [0.25, 0.3) is 10.9 Å². The van der Waals surface area contributed by atoms with Crippen LogP contribution in [0.15, 0.2) is 65.9 Å². The quantitative estimate of drug-likeness (QED) is 0.432. The Balaban J connectivity index is 1.95. The maximum absolute atomic E-state index is 5.18. The van der Waals surface area contributed by atoms with E-state index in [1.54, 1.807) is 6.21 Å². The average molecular weight is 277 g/mol. The van der Waals surface area contributed by atoms with E-state index in [4.69, 9.17) is 5.84 Å². The highest BCUT2D eigenvalue weighted by molar-refractivity contribution is 5.84. The topological polar surface area (TPSA) is 43.3 Å². The largest absolute Gasteiger partial charge is 0.343 e. The van der Waals surface area contributed by atoms with E-state index in [0.717, 1.165) is 19.4 Å². The van der Waals surface area contributed by atoms with Gasteiger partial charge in [-0.05, 0) is 30.0 Å². The first-order chi connectivity index (χ1) is 10.4. The first-order valence-electron chi connectivity index (χ1n) is 7.21. The molecule has 0 fully saturated rings. The highest BCUT2D eigenvalue weighted by atomic mass is 15.1. The molecule has 0 saturated heterocycles. The number of aryl methyl sites for hydroxylation is 1. The van der Waals surface area contributed by atoms with Gasteiger partial charge in [0.1, 0.15) is 0 Å². The highest BCUT2D eigenvalue weighted by Crippen LogP contribution is 2.23. The molecule has 3 heteroatoms. The smallest absolute Gasteiger partial charge is 0.0486 e. The summed E-state index contributed by atoms with van der Waals surface area (Å²) >= 11 is 0. The number of rotatable bonds is 5. The highest BCUT2D eigenvalue weighted by Gasteiger charge is 2.07. The Morgan fingerprint density at radius 1 is 1.00 bits per heavy atom. The number of hydrogen-bond acceptors (Lipinski definition) is 2. The van der Waals surface area contributed by atoms with Gasteiger partial charge in [-0.3, -0.25) is 0 Å². The Morgan fingerprint density at radius 2 is 1.76 bits per heavy atom. The molecule has 0 saturated carbocycles. The molecule has 0 aliphatic heterocycles. The average Bonchev–Trinajstić information content (AvgIpc) is 2.87. The van der Waals surface area contributed by atoms with Crippen molar-refractivity contribution in [2.24, 2.45) is 10.9 Å². The number of para-hydroxylation sites is 1. The molecule has 21 heavy (non-hydrogen) atoms. The first kappa shape index (κ1) is 13.4. The molecule has 0 unspecified atom stereocenters. The van der Waals surface area contributed by atoms with Gasteiger partial charge in [-0.2, -0.15) is 5.10 Å². The third-order valence-corrected chi connectivity index (χ3v) is 3.72. The summed E-state index contributed by atoms with van der Waals surface area (Å²) in [5.41, 5.74) is 3.94. The van der Waals surface area contributed by atoms with Gasteiger partial charge in [0.05, 0.1) is 0 Å². The van der Waals surface area contributed by atoms with Crippen molar-refractivity contribution in [1.82, 2.24) is 4.57 Å². The lowest BCUT2D eigenvalue weighted by Crippen LogP contribution is -1.97. The molecule has 0 amide bonds. The van der Waals surface area contributed by atoms with E-state index < -0.39 is 0 Å². The van der Waals surface area contributed by atoms with Crippen molar-refractivity contribution in [3.63, 3.8) is 0 Å². The third kappa shape index (κ3) is 2.97. The van der Waals surface area contributed by atoms with E-state index in [-0.39, 0.29) is 0 Å². The van der Waals surface area contributed by atoms with Gasteiger partial charge in [-0.25, -0.2) is 0 Å². The van der Waals surface area contributed by atoms with Crippen LogP contribution in [0.1, 0.15) is 17.5 Å². The Labute approximate surface area is 124 Å². The van der Waals surface area contributed by atoms with E-state index in [9.17, 15) is 0 Å². The summed E-state index contributed by atoms with van der Waals surface area (Å²) in [6, 6.07) is 19.1.